The predicted molar refractivity (Wildman–Crippen MR) is 73.4 cm³/mol. The Labute approximate surface area is 106 Å². The molecule has 3 heteroatoms. The second-order valence-electron chi connectivity index (χ2n) is 5.03. The number of likely N-dealkylation sites (N-methyl/N-ethyl adjacent to an activating group) is 1. The third kappa shape index (κ3) is 3.32. The van der Waals surface area contributed by atoms with Gasteiger partial charge in [0.05, 0.1) is 12.2 Å². The third-order valence-electron chi connectivity index (χ3n) is 3.91. The van der Waals surface area contributed by atoms with Gasteiger partial charge < -0.3 is 5.32 Å². The van der Waals surface area contributed by atoms with Crippen LogP contribution in [0.5, 0.6) is 0 Å². The monoisotopic (exact) mass is 237 g/mol. The molecule has 2 unspecified atom stereocenters. The van der Waals surface area contributed by atoms with Gasteiger partial charge in [-0.25, -0.2) is 0 Å². The Bertz CT molecular complexity index is 355. The Kier molecular flexibility index (Phi) is 5.19. The van der Waals surface area contributed by atoms with E-state index < -0.39 is 0 Å². The fraction of sp³-hybridized carbons (Fsp3) is 0.786. The van der Waals surface area contributed by atoms with Crippen molar-refractivity contribution >= 4 is 0 Å². The first-order valence-corrected chi connectivity index (χ1v) is 6.75. The average Bonchev–Trinajstić information content (AvgIpc) is 2.55. The molecule has 0 saturated carbocycles. The van der Waals surface area contributed by atoms with Crippen LogP contribution in [0.25, 0.3) is 0 Å². The van der Waals surface area contributed by atoms with Crippen molar-refractivity contribution in [1.82, 2.24) is 15.1 Å². The van der Waals surface area contributed by atoms with Gasteiger partial charge in [-0.2, -0.15) is 5.10 Å². The highest BCUT2D eigenvalue weighted by Crippen LogP contribution is 2.15. The molecule has 17 heavy (non-hydrogen) atoms. The van der Waals surface area contributed by atoms with Gasteiger partial charge in [-0.05, 0) is 38.8 Å². The summed E-state index contributed by atoms with van der Waals surface area (Å²) in [6.45, 7) is 15.1. The number of nitrogens with one attached hydrogen (secondary N) is 1. The first-order chi connectivity index (χ1) is 8.01. The summed E-state index contributed by atoms with van der Waals surface area (Å²) in [4.78, 5) is 0. The van der Waals surface area contributed by atoms with Crippen LogP contribution in [0.3, 0.4) is 0 Å². The molecule has 0 aliphatic heterocycles. The second-order valence-corrected chi connectivity index (χ2v) is 5.03. The minimum absolute atomic E-state index is 0.516. The first kappa shape index (κ1) is 14.2. The molecule has 0 fully saturated rings. The number of nitrogens with zero attached hydrogens (tertiary/aromatic N) is 2. The minimum atomic E-state index is 0.516. The summed E-state index contributed by atoms with van der Waals surface area (Å²) in [5.74, 6) is 0.680. The van der Waals surface area contributed by atoms with Gasteiger partial charge >= 0.3 is 0 Å². The molecule has 0 bridgehead atoms. The summed E-state index contributed by atoms with van der Waals surface area (Å²) in [6, 6.07) is 0.516. The standard InChI is InChI=1S/C14H27N3/c1-7-10(3)14(15-8-2)9-17-13(6)11(4)12(5)16-17/h10,14-15H,7-9H2,1-6H3. The van der Waals surface area contributed by atoms with Crippen LogP contribution in [-0.4, -0.2) is 22.4 Å². The smallest absolute Gasteiger partial charge is 0.0625 e. The fourth-order valence-electron chi connectivity index (χ4n) is 2.14. The second kappa shape index (κ2) is 6.20. The molecule has 3 nitrogen and oxygen atoms in total. The number of rotatable bonds is 6. The molecule has 0 aliphatic carbocycles. The van der Waals surface area contributed by atoms with E-state index in [9.17, 15) is 0 Å². The summed E-state index contributed by atoms with van der Waals surface area (Å²) >= 11 is 0. The summed E-state index contributed by atoms with van der Waals surface area (Å²) in [5.41, 5.74) is 3.78. The van der Waals surface area contributed by atoms with Crippen LogP contribution in [-0.2, 0) is 6.54 Å². The SMILES string of the molecule is CCNC(Cn1nc(C)c(C)c1C)C(C)CC. The Balaban J connectivity index is 2.82. The van der Waals surface area contributed by atoms with E-state index in [1.54, 1.807) is 0 Å². The highest BCUT2D eigenvalue weighted by Gasteiger charge is 2.17. The van der Waals surface area contributed by atoms with Crippen LogP contribution < -0.4 is 5.32 Å². The molecule has 0 amide bonds. The van der Waals surface area contributed by atoms with Gasteiger partial charge in [-0.1, -0.05) is 27.2 Å². The first-order valence-electron chi connectivity index (χ1n) is 6.75. The Hall–Kier alpha value is -0.830. The van der Waals surface area contributed by atoms with Gasteiger partial charge in [0.2, 0.25) is 0 Å². The van der Waals surface area contributed by atoms with E-state index in [4.69, 9.17) is 0 Å². The highest BCUT2D eigenvalue weighted by atomic mass is 15.3. The number of aryl methyl sites for hydroxylation is 1. The molecule has 0 radical (unpaired) electrons. The molecule has 1 aromatic heterocycles. The minimum Gasteiger partial charge on any atom is -0.312 e. The van der Waals surface area contributed by atoms with Crippen molar-refractivity contribution in [2.45, 2.75) is 60.5 Å². The molecule has 1 aromatic rings. The largest absolute Gasteiger partial charge is 0.312 e. The van der Waals surface area contributed by atoms with Gasteiger partial charge in [0.1, 0.15) is 0 Å². The number of hydrogen-bond donors (Lipinski definition) is 1. The van der Waals surface area contributed by atoms with Crippen molar-refractivity contribution in [3.05, 3.63) is 17.0 Å². The molecular formula is C14H27N3. The zero-order valence-corrected chi connectivity index (χ0v) is 12.2. The Morgan fingerprint density at radius 1 is 1.24 bits per heavy atom. The normalized spacial score (nSPS) is 14.9. The molecule has 98 valence electrons. The predicted octanol–water partition coefficient (Wildman–Crippen LogP) is 2.83. The van der Waals surface area contributed by atoms with E-state index in [0.29, 0.717) is 12.0 Å². The molecule has 2 atom stereocenters. The molecule has 1 N–H and O–H groups in total. The van der Waals surface area contributed by atoms with Crippen LogP contribution in [0.15, 0.2) is 0 Å². The van der Waals surface area contributed by atoms with Crippen LogP contribution in [0.2, 0.25) is 0 Å². The molecule has 0 aliphatic rings. The maximum absolute atomic E-state index is 4.63. The van der Waals surface area contributed by atoms with Crippen molar-refractivity contribution in [1.29, 1.82) is 0 Å². The lowest BCUT2D eigenvalue weighted by Gasteiger charge is -2.24. The Morgan fingerprint density at radius 3 is 2.29 bits per heavy atom. The van der Waals surface area contributed by atoms with E-state index in [1.807, 2.05) is 0 Å². The highest BCUT2D eigenvalue weighted by molar-refractivity contribution is 5.22. The van der Waals surface area contributed by atoms with Gasteiger partial charge in [0, 0.05) is 11.7 Å². The quantitative estimate of drug-likeness (QED) is 0.824. The summed E-state index contributed by atoms with van der Waals surface area (Å²) in [7, 11) is 0. The lowest BCUT2D eigenvalue weighted by Crippen LogP contribution is -2.38. The zero-order valence-electron chi connectivity index (χ0n) is 12.2. The van der Waals surface area contributed by atoms with Crippen molar-refractivity contribution < 1.29 is 0 Å². The molecule has 0 aromatic carbocycles. The van der Waals surface area contributed by atoms with Gasteiger partial charge in [-0.3, -0.25) is 4.68 Å². The zero-order chi connectivity index (χ0) is 13.0. The molecular weight excluding hydrogens is 210 g/mol. The van der Waals surface area contributed by atoms with E-state index >= 15 is 0 Å². The molecule has 1 heterocycles. The van der Waals surface area contributed by atoms with E-state index in [1.165, 1.54) is 17.7 Å². The molecule has 0 spiro atoms. The van der Waals surface area contributed by atoms with Crippen molar-refractivity contribution in [2.24, 2.45) is 5.92 Å². The average molecular weight is 237 g/mol. The third-order valence-corrected chi connectivity index (χ3v) is 3.91. The Morgan fingerprint density at radius 2 is 1.88 bits per heavy atom. The van der Waals surface area contributed by atoms with Crippen LogP contribution in [0.4, 0.5) is 0 Å². The lowest BCUT2D eigenvalue weighted by molar-refractivity contribution is 0.321. The molecule has 1 rings (SSSR count). The van der Waals surface area contributed by atoms with E-state index in [0.717, 1.165) is 18.8 Å². The van der Waals surface area contributed by atoms with Crippen molar-refractivity contribution in [3.63, 3.8) is 0 Å². The fourth-order valence-corrected chi connectivity index (χ4v) is 2.14. The maximum atomic E-state index is 4.63. The van der Waals surface area contributed by atoms with Gasteiger partial charge in [-0.15, -0.1) is 0 Å². The summed E-state index contributed by atoms with van der Waals surface area (Å²) in [5, 5.41) is 8.20. The van der Waals surface area contributed by atoms with Crippen LogP contribution in [0.1, 0.15) is 44.1 Å². The van der Waals surface area contributed by atoms with Crippen LogP contribution >= 0.6 is 0 Å². The van der Waals surface area contributed by atoms with Gasteiger partial charge in [0.25, 0.3) is 0 Å². The maximum Gasteiger partial charge on any atom is 0.0625 e. The van der Waals surface area contributed by atoms with Gasteiger partial charge in [0.15, 0.2) is 0 Å². The van der Waals surface area contributed by atoms with E-state index in [-0.39, 0.29) is 0 Å². The molecule has 0 saturated heterocycles. The number of hydrogen-bond acceptors (Lipinski definition) is 2. The summed E-state index contributed by atoms with van der Waals surface area (Å²) < 4.78 is 2.16. The summed E-state index contributed by atoms with van der Waals surface area (Å²) in [6.07, 6.45) is 1.20. The lowest BCUT2D eigenvalue weighted by atomic mass is 9.99. The van der Waals surface area contributed by atoms with Crippen molar-refractivity contribution in [3.8, 4) is 0 Å². The topological polar surface area (TPSA) is 29.9 Å². The van der Waals surface area contributed by atoms with Crippen molar-refractivity contribution in [2.75, 3.05) is 6.54 Å². The number of aromatic nitrogens is 2. The van der Waals surface area contributed by atoms with Crippen LogP contribution in [0, 0.1) is 26.7 Å². The van der Waals surface area contributed by atoms with E-state index in [2.05, 4.69) is 56.6 Å².